The van der Waals surface area contributed by atoms with Crippen molar-refractivity contribution in [1.82, 2.24) is 24.6 Å². The molecule has 0 atom stereocenters. The lowest BCUT2D eigenvalue weighted by Gasteiger charge is -2.32. The van der Waals surface area contributed by atoms with Crippen LogP contribution in [0.3, 0.4) is 0 Å². The molecule has 0 spiro atoms. The molecule has 2 aromatic carbocycles. The average Bonchev–Trinajstić information content (AvgIpc) is 3.50. The molecule has 5 rings (SSSR count). The lowest BCUT2D eigenvalue weighted by atomic mass is 9.96. The molecular formula is C36H40FN7O6. The van der Waals surface area contributed by atoms with Gasteiger partial charge in [0, 0.05) is 42.3 Å². The Morgan fingerprint density at radius 2 is 1.86 bits per heavy atom. The number of hydrogen-bond donors (Lipinski definition) is 3. The summed E-state index contributed by atoms with van der Waals surface area (Å²) in [4.78, 5) is 46.7. The maximum Gasteiger partial charge on any atom is 0.408 e. The highest BCUT2D eigenvalue weighted by Crippen LogP contribution is 2.29. The van der Waals surface area contributed by atoms with E-state index in [0.717, 1.165) is 24.1 Å². The third-order valence-corrected chi connectivity index (χ3v) is 7.88. The van der Waals surface area contributed by atoms with Gasteiger partial charge in [0.2, 0.25) is 0 Å². The van der Waals surface area contributed by atoms with Crippen LogP contribution in [-0.4, -0.2) is 75.8 Å². The van der Waals surface area contributed by atoms with Gasteiger partial charge in [0.25, 0.3) is 5.91 Å². The number of amides is 3. The molecule has 1 aliphatic heterocycles. The van der Waals surface area contributed by atoms with Gasteiger partial charge in [-0.05, 0) is 88.4 Å². The van der Waals surface area contributed by atoms with Crippen molar-refractivity contribution in [2.45, 2.75) is 46.1 Å². The summed E-state index contributed by atoms with van der Waals surface area (Å²) in [5, 5.41) is 5.82. The minimum atomic E-state index is -0.785. The number of carbonyl (C=O) groups is 3. The first kappa shape index (κ1) is 35.5. The number of halogens is 1. The Hall–Kier alpha value is -5.84. The van der Waals surface area contributed by atoms with Crippen molar-refractivity contribution in [3.05, 3.63) is 71.9 Å². The van der Waals surface area contributed by atoms with Crippen LogP contribution in [0.1, 0.15) is 49.5 Å². The van der Waals surface area contributed by atoms with E-state index in [1.807, 2.05) is 24.0 Å². The number of nitrogens with one attached hydrogen (secondary N) is 2. The Balaban J connectivity index is 1.19. The average molecular weight is 686 g/mol. The Bertz CT molecular complexity index is 1940. The largest absolute Gasteiger partial charge is 0.478 e. The molecule has 0 bridgehead atoms. The van der Waals surface area contributed by atoms with Crippen LogP contribution in [0.2, 0.25) is 0 Å². The van der Waals surface area contributed by atoms with Gasteiger partial charge < -0.3 is 35.5 Å². The molecule has 50 heavy (non-hydrogen) atoms. The molecule has 4 aromatic rings. The summed E-state index contributed by atoms with van der Waals surface area (Å²) in [5.74, 6) is 5.56. The number of anilines is 2. The van der Waals surface area contributed by atoms with Gasteiger partial charge in [-0.1, -0.05) is 11.8 Å². The molecule has 1 saturated heterocycles. The Kier molecular flexibility index (Phi) is 11.1. The molecule has 1 fully saturated rings. The summed E-state index contributed by atoms with van der Waals surface area (Å²) in [6.07, 6.45) is 5.10. The smallest absolute Gasteiger partial charge is 0.408 e. The molecule has 262 valence electrons. The van der Waals surface area contributed by atoms with Crippen LogP contribution < -0.4 is 21.1 Å². The second kappa shape index (κ2) is 15.6. The summed E-state index contributed by atoms with van der Waals surface area (Å²) < 4.78 is 32.4. The van der Waals surface area contributed by atoms with Gasteiger partial charge in [0.05, 0.1) is 25.0 Å². The second-order valence-corrected chi connectivity index (χ2v) is 12.8. The Morgan fingerprint density at radius 3 is 2.56 bits per heavy atom. The van der Waals surface area contributed by atoms with E-state index in [9.17, 15) is 14.4 Å². The number of imidazole rings is 1. The number of ether oxygens (including phenoxy) is 3. The second-order valence-electron chi connectivity index (χ2n) is 12.8. The standard InChI is InChI=1S/C36H40FN7O6/c1-23-19-26(8-9-27(23)33(45)43-15-11-24(12-16-43)22-49-34(38)46)42-31-32-41-21-29(44(32)17-14-39-31)25-7-10-30(28(37)20-25)48-18-6-5-13-40-35(47)50-36(2,3)4/h7-10,14,17,19-21,24H,11-13,15-16,18,22H2,1-4H3,(H2,38,46)(H,39,42)(H,40,47). The van der Waals surface area contributed by atoms with Crippen molar-refractivity contribution in [3.63, 3.8) is 0 Å². The van der Waals surface area contributed by atoms with Crippen molar-refractivity contribution in [2.24, 2.45) is 11.7 Å². The molecule has 14 heteroatoms. The third-order valence-electron chi connectivity index (χ3n) is 7.88. The van der Waals surface area contributed by atoms with E-state index in [1.165, 1.54) is 12.1 Å². The van der Waals surface area contributed by atoms with Crippen LogP contribution in [0.15, 0.2) is 55.0 Å². The minimum Gasteiger partial charge on any atom is -0.478 e. The van der Waals surface area contributed by atoms with Crippen molar-refractivity contribution in [2.75, 3.05) is 38.2 Å². The molecule has 2 aromatic heterocycles. The normalized spacial score (nSPS) is 13.3. The maximum atomic E-state index is 15.0. The van der Waals surface area contributed by atoms with E-state index in [0.29, 0.717) is 41.4 Å². The first-order valence-electron chi connectivity index (χ1n) is 16.1. The summed E-state index contributed by atoms with van der Waals surface area (Å²) in [5.41, 5.74) is 8.35. The lowest BCUT2D eigenvalue weighted by molar-refractivity contribution is 0.0534. The number of nitrogens with two attached hydrogens (primary N) is 1. The minimum absolute atomic E-state index is 0.0394. The number of hydrogen-bond acceptors (Lipinski definition) is 9. The molecule has 0 radical (unpaired) electrons. The van der Waals surface area contributed by atoms with Crippen LogP contribution in [0.5, 0.6) is 5.75 Å². The molecule has 4 N–H and O–H groups in total. The molecule has 0 aliphatic carbocycles. The molecule has 13 nitrogen and oxygen atoms in total. The first-order chi connectivity index (χ1) is 23.9. The number of rotatable bonds is 9. The van der Waals surface area contributed by atoms with Crippen LogP contribution in [0.25, 0.3) is 16.9 Å². The highest BCUT2D eigenvalue weighted by Gasteiger charge is 2.25. The first-order valence-corrected chi connectivity index (χ1v) is 16.1. The fourth-order valence-electron chi connectivity index (χ4n) is 5.45. The van der Waals surface area contributed by atoms with Crippen LogP contribution in [-0.2, 0) is 9.47 Å². The fraction of sp³-hybridized carbons (Fsp3) is 0.361. The molecule has 0 saturated carbocycles. The van der Waals surface area contributed by atoms with Gasteiger partial charge in [-0.15, -0.1) is 0 Å². The Labute approximate surface area is 289 Å². The SMILES string of the molecule is Cc1cc(Nc2nccn3c(-c4ccc(OCC#CCNC(=O)OC(C)(C)C)c(F)c4)cnc23)ccc1C(=O)N1CCC(COC(N)=O)CC1. The van der Waals surface area contributed by atoms with Gasteiger partial charge >= 0.3 is 12.2 Å². The maximum absolute atomic E-state index is 15.0. The number of piperidine rings is 1. The van der Waals surface area contributed by atoms with Gasteiger partial charge in [-0.25, -0.2) is 23.9 Å². The number of benzene rings is 2. The van der Waals surface area contributed by atoms with Crippen molar-refractivity contribution in [3.8, 4) is 28.8 Å². The molecule has 3 heterocycles. The van der Waals surface area contributed by atoms with Crippen molar-refractivity contribution < 1.29 is 33.0 Å². The molecule has 0 unspecified atom stereocenters. The summed E-state index contributed by atoms with van der Waals surface area (Å²) >= 11 is 0. The van der Waals surface area contributed by atoms with E-state index in [2.05, 4.69) is 32.4 Å². The number of fused-ring (bicyclic) bond motifs is 1. The van der Waals surface area contributed by atoms with Crippen molar-refractivity contribution in [1.29, 1.82) is 0 Å². The quantitative estimate of drug-likeness (QED) is 0.195. The summed E-state index contributed by atoms with van der Waals surface area (Å²) in [6, 6.07) is 10.1. The Morgan fingerprint density at radius 1 is 1.08 bits per heavy atom. The monoisotopic (exact) mass is 685 g/mol. The number of nitrogens with zero attached hydrogens (tertiary/aromatic N) is 4. The number of primary amides is 1. The predicted octanol–water partition coefficient (Wildman–Crippen LogP) is 5.44. The number of likely N-dealkylation sites (tertiary alicyclic amines) is 1. The highest BCUT2D eigenvalue weighted by atomic mass is 19.1. The van der Waals surface area contributed by atoms with Gasteiger partial charge in [0.1, 0.15) is 12.2 Å². The number of alkyl carbamates (subject to hydrolysis) is 1. The number of aryl methyl sites for hydroxylation is 1. The van der Waals surface area contributed by atoms with E-state index >= 15 is 4.39 Å². The zero-order valence-electron chi connectivity index (χ0n) is 28.4. The summed E-state index contributed by atoms with van der Waals surface area (Å²) in [6.45, 7) is 8.60. The fourth-order valence-corrected chi connectivity index (χ4v) is 5.45. The van der Waals surface area contributed by atoms with E-state index in [4.69, 9.17) is 19.9 Å². The zero-order valence-corrected chi connectivity index (χ0v) is 28.4. The third kappa shape index (κ3) is 9.19. The van der Waals surface area contributed by atoms with Crippen LogP contribution in [0.4, 0.5) is 25.5 Å². The van der Waals surface area contributed by atoms with Crippen LogP contribution in [0, 0.1) is 30.5 Å². The topological polar surface area (TPSA) is 162 Å². The predicted molar refractivity (Wildman–Crippen MR) is 185 cm³/mol. The van der Waals surface area contributed by atoms with Gasteiger partial charge in [-0.3, -0.25) is 9.20 Å². The van der Waals surface area contributed by atoms with Gasteiger partial charge in [-0.2, -0.15) is 0 Å². The van der Waals surface area contributed by atoms with E-state index in [-0.39, 0.29) is 37.3 Å². The lowest BCUT2D eigenvalue weighted by Crippen LogP contribution is -2.40. The van der Waals surface area contributed by atoms with Crippen molar-refractivity contribution >= 4 is 35.2 Å². The molecule has 1 aliphatic rings. The zero-order chi connectivity index (χ0) is 35.8. The van der Waals surface area contributed by atoms with E-state index < -0.39 is 23.6 Å². The highest BCUT2D eigenvalue weighted by molar-refractivity contribution is 5.96. The van der Waals surface area contributed by atoms with E-state index in [1.54, 1.807) is 55.9 Å². The summed E-state index contributed by atoms with van der Waals surface area (Å²) in [7, 11) is 0. The van der Waals surface area contributed by atoms with Gasteiger partial charge in [0.15, 0.2) is 23.0 Å². The molecular weight excluding hydrogens is 645 g/mol. The van der Waals surface area contributed by atoms with Crippen LogP contribution >= 0.6 is 0 Å². The molecule has 3 amide bonds. The number of carbonyl (C=O) groups excluding carboxylic acids is 3. The number of aromatic nitrogens is 3.